The van der Waals surface area contributed by atoms with Crippen LogP contribution in [0.5, 0.6) is 0 Å². The minimum absolute atomic E-state index is 0.160. The third-order valence-electron chi connectivity index (χ3n) is 2.83. The van der Waals surface area contributed by atoms with Crippen LogP contribution >= 0.6 is 0 Å². The number of halogens is 2. The van der Waals surface area contributed by atoms with E-state index in [0.29, 0.717) is 25.7 Å². The van der Waals surface area contributed by atoms with Crippen LogP contribution in [0.4, 0.5) is 8.78 Å². The summed E-state index contributed by atoms with van der Waals surface area (Å²) in [5, 5.41) is 0. The van der Waals surface area contributed by atoms with E-state index < -0.39 is 17.8 Å². The van der Waals surface area contributed by atoms with Gasteiger partial charge in [0.2, 0.25) is 0 Å². The number of Topliss-reactive ketones (excluding diaryl/α,β-unsaturated/α-hetero) is 1. The summed E-state index contributed by atoms with van der Waals surface area (Å²) in [6.07, 6.45) is 1.57. The summed E-state index contributed by atoms with van der Waals surface area (Å²) < 4.78 is 25.4. The van der Waals surface area contributed by atoms with E-state index in [4.69, 9.17) is 0 Å². The van der Waals surface area contributed by atoms with Gasteiger partial charge in [0.25, 0.3) is 5.92 Å². The first kappa shape index (κ1) is 7.19. The summed E-state index contributed by atoms with van der Waals surface area (Å²) in [5.74, 6) is -3.20. The van der Waals surface area contributed by atoms with Crippen LogP contribution in [0.3, 0.4) is 0 Å². The number of carbonyl (C=O) groups excluding carboxylic acids is 1. The molecule has 0 saturated heterocycles. The molecule has 0 aromatic heterocycles. The molecule has 2 aliphatic carbocycles. The first-order valence-corrected chi connectivity index (χ1v) is 4.02. The second-order valence-corrected chi connectivity index (χ2v) is 3.50. The maximum atomic E-state index is 12.7. The number of alkyl halides is 2. The van der Waals surface area contributed by atoms with Crippen molar-refractivity contribution in [1.82, 2.24) is 0 Å². The Morgan fingerprint density at radius 2 is 1.64 bits per heavy atom. The number of rotatable bonds is 0. The molecule has 2 fully saturated rings. The molecule has 0 aromatic carbocycles. The predicted molar refractivity (Wildman–Crippen MR) is 35.4 cm³/mol. The van der Waals surface area contributed by atoms with E-state index in [1.165, 1.54) is 0 Å². The summed E-state index contributed by atoms with van der Waals surface area (Å²) in [5.41, 5.74) is 0. The van der Waals surface area contributed by atoms with Crippen molar-refractivity contribution in [3.63, 3.8) is 0 Å². The number of hydrogen-bond donors (Lipinski definition) is 0. The van der Waals surface area contributed by atoms with Crippen molar-refractivity contribution in [2.24, 2.45) is 11.8 Å². The Labute approximate surface area is 63.8 Å². The van der Waals surface area contributed by atoms with Gasteiger partial charge in [0.15, 0.2) is 0 Å². The van der Waals surface area contributed by atoms with Crippen LogP contribution in [0.1, 0.15) is 25.7 Å². The lowest BCUT2D eigenvalue weighted by molar-refractivity contribution is -0.119. The van der Waals surface area contributed by atoms with Crippen LogP contribution in [-0.2, 0) is 4.79 Å². The molecule has 2 aliphatic rings. The van der Waals surface area contributed by atoms with Crippen molar-refractivity contribution in [3.05, 3.63) is 0 Å². The summed E-state index contributed by atoms with van der Waals surface area (Å²) in [7, 11) is 0. The molecule has 0 heterocycles. The molecular formula is C8H10F2O. The molecule has 3 heteroatoms. The minimum Gasteiger partial charge on any atom is -0.300 e. The predicted octanol–water partition coefficient (Wildman–Crippen LogP) is 2.01. The first-order valence-electron chi connectivity index (χ1n) is 4.02. The highest BCUT2D eigenvalue weighted by Gasteiger charge is 2.67. The van der Waals surface area contributed by atoms with Gasteiger partial charge in [-0.1, -0.05) is 0 Å². The number of carbonyl (C=O) groups is 1. The van der Waals surface area contributed by atoms with Crippen molar-refractivity contribution in [1.29, 1.82) is 0 Å². The van der Waals surface area contributed by atoms with Gasteiger partial charge in [-0.05, 0) is 12.8 Å². The normalized spacial score (nSPS) is 41.1. The van der Waals surface area contributed by atoms with Crippen LogP contribution < -0.4 is 0 Å². The van der Waals surface area contributed by atoms with Gasteiger partial charge >= 0.3 is 0 Å². The Morgan fingerprint density at radius 1 is 1.18 bits per heavy atom. The maximum absolute atomic E-state index is 12.7. The van der Waals surface area contributed by atoms with Crippen molar-refractivity contribution < 1.29 is 13.6 Å². The summed E-state index contributed by atoms with van der Waals surface area (Å²) in [4.78, 5) is 10.8. The standard InChI is InChI=1S/C8H10F2O/c9-8(10)6-3-1-5(11)2-4-7(6)8/h6-7H,1-4H2. The first-order chi connectivity index (χ1) is 5.12. The lowest BCUT2D eigenvalue weighted by Gasteiger charge is -1.98. The average molecular weight is 160 g/mol. The van der Waals surface area contributed by atoms with Gasteiger partial charge in [-0.25, -0.2) is 8.78 Å². The van der Waals surface area contributed by atoms with Crippen molar-refractivity contribution in [3.8, 4) is 0 Å². The fourth-order valence-corrected chi connectivity index (χ4v) is 2.01. The van der Waals surface area contributed by atoms with Gasteiger partial charge in [0.05, 0.1) is 0 Å². The Kier molecular flexibility index (Phi) is 1.32. The van der Waals surface area contributed by atoms with E-state index in [1.807, 2.05) is 0 Å². The van der Waals surface area contributed by atoms with E-state index in [0.717, 1.165) is 0 Å². The van der Waals surface area contributed by atoms with Gasteiger partial charge in [-0.3, -0.25) is 4.79 Å². The zero-order valence-corrected chi connectivity index (χ0v) is 6.15. The van der Waals surface area contributed by atoms with Gasteiger partial charge in [-0.2, -0.15) is 0 Å². The molecule has 2 saturated carbocycles. The van der Waals surface area contributed by atoms with Crippen LogP contribution in [0.2, 0.25) is 0 Å². The largest absolute Gasteiger partial charge is 0.300 e. The Balaban J connectivity index is 2.03. The van der Waals surface area contributed by atoms with Crippen LogP contribution in [0.25, 0.3) is 0 Å². The summed E-state index contributed by atoms with van der Waals surface area (Å²) in [6.45, 7) is 0. The van der Waals surface area contributed by atoms with Crippen LogP contribution in [-0.4, -0.2) is 11.7 Å². The van der Waals surface area contributed by atoms with E-state index in [9.17, 15) is 13.6 Å². The second-order valence-electron chi connectivity index (χ2n) is 3.50. The molecule has 0 aromatic rings. The van der Waals surface area contributed by atoms with Gasteiger partial charge < -0.3 is 0 Å². The van der Waals surface area contributed by atoms with E-state index in [1.54, 1.807) is 0 Å². The number of fused-ring (bicyclic) bond motifs is 1. The van der Waals surface area contributed by atoms with Crippen molar-refractivity contribution >= 4 is 5.78 Å². The summed E-state index contributed by atoms with van der Waals surface area (Å²) in [6, 6.07) is 0. The quantitative estimate of drug-likeness (QED) is 0.529. The van der Waals surface area contributed by atoms with Gasteiger partial charge in [0.1, 0.15) is 5.78 Å². The zero-order valence-electron chi connectivity index (χ0n) is 6.15. The molecule has 2 unspecified atom stereocenters. The smallest absolute Gasteiger partial charge is 0.254 e. The molecule has 11 heavy (non-hydrogen) atoms. The molecule has 1 nitrogen and oxygen atoms in total. The molecule has 0 radical (unpaired) electrons. The van der Waals surface area contributed by atoms with Crippen LogP contribution in [0.15, 0.2) is 0 Å². The van der Waals surface area contributed by atoms with Crippen LogP contribution in [0, 0.1) is 11.8 Å². The zero-order chi connectivity index (χ0) is 8.06. The molecule has 62 valence electrons. The highest BCUT2D eigenvalue weighted by Crippen LogP contribution is 2.60. The topological polar surface area (TPSA) is 17.1 Å². The molecule has 0 amide bonds. The number of ketones is 1. The fraction of sp³-hybridized carbons (Fsp3) is 0.875. The van der Waals surface area contributed by atoms with E-state index >= 15 is 0 Å². The highest BCUT2D eigenvalue weighted by atomic mass is 19.3. The minimum atomic E-state index is -2.43. The molecule has 2 atom stereocenters. The third kappa shape index (κ3) is 0.976. The molecule has 0 spiro atoms. The summed E-state index contributed by atoms with van der Waals surface area (Å²) >= 11 is 0. The maximum Gasteiger partial charge on any atom is 0.254 e. The molecule has 0 N–H and O–H groups in total. The Bertz CT molecular complexity index is 182. The second kappa shape index (κ2) is 2.02. The molecular weight excluding hydrogens is 150 g/mol. The van der Waals surface area contributed by atoms with E-state index in [2.05, 4.69) is 0 Å². The SMILES string of the molecule is O=C1CCC2C(CC1)C2(F)F. The fourth-order valence-electron chi connectivity index (χ4n) is 2.01. The van der Waals surface area contributed by atoms with Crippen molar-refractivity contribution in [2.75, 3.05) is 0 Å². The van der Waals surface area contributed by atoms with Crippen molar-refractivity contribution in [2.45, 2.75) is 31.6 Å². The molecule has 0 aliphatic heterocycles. The lowest BCUT2D eigenvalue weighted by Crippen LogP contribution is -2.03. The number of hydrogen-bond acceptors (Lipinski definition) is 1. The Hall–Kier alpha value is -0.470. The Morgan fingerprint density at radius 3 is 2.09 bits per heavy atom. The van der Waals surface area contributed by atoms with Gasteiger partial charge in [-0.15, -0.1) is 0 Å². The molecule has 0 bridgehead atoms. The third-order valence-corrected chi connectivity index (χ3v) is 2.83. The highest BCUT2D eigenvalue weighted by molar-refractivity contribution is 5.78. The average Bonchev–Trinajstić information content (AvgIpc) is 2.51. The van der Waals surface area contributed by atoms with Gasteiger partial charge in [0, 0.05) is 24.7 Å². The lowest BCUT2D eigenvalue weighted by atomic mass is 10.1. The van der Waals surface area contributed by atoms with E-state index in [-0.39, 0.29) is 5.78 Å². The molecule has 2 rings (SSSR count). The monoisotopic (exact) mass is 160 g/mol.